The highest BCUT2D eigenvalue weighted by molar-refractivity contribution is 5.87. The van der Waals surface area contributed by atoms with Gasteiger partial charge in [-0.15, -0.1) is 0 Å². The predicted octanol–water partition coefficient (Wildman–Crippen LogP) is 2.17. The molecule has 9 nitrogen and oxygen atoms in total. The third-order valence-corrected chi connectivity index (χ3v) is 7.72. The van der Waals surface area contributed by atoms with E-state index in [0.717, 1.165) is 18.4 Å². The summed E-state index contributed by atoms with van der Waals surface area (Å²) >= 11 is 0. The summed E-state index contributed by atoms with van der Waals surface area (Å²) < 4.78 is 6.08. The molecule has 0 aliphatic carbocycles. The highest BCUT2D eigenvalue weighted by atomic mass is 16.5. The molecule has 4 rings (SSSR count). The highest BCUT2D eigenvalue weighted by Crippen LogP contribution is 2.30. The molecule has 38 heavy (non-hydrogen) atoms. The monoisotopic (exact) mass is 524 g/mol. The van der Waals surface area contributed by atoms with Crippen LogP contribution >= 0.6 is 0 Å². The number of hydrogen-bond acceptors (Lipinski definition) is 5. The van der Waals surface area contributed by atoms with Gasteiger partial charge in [-0.05, 0) is 24.3 Å². The summed E-state index contributed by atoms with van der Waals surface area (Å²) in [6.45, 7) is 9.58. The number of fused-ring (bicyclic) bond motifs is 3. The fourth-order valence-electron chi connectivity index (χ4n) is 5.44. The van der Waals surface area contributed by atoms with Gasteiger partial charge in [0.1, 0.15) is 18.9 Å². The van der Waals surface area contributed by atoms with Crippen LogP contribution in [0.15, 0.2) is 36.4 Å². The SMILES string of the molecule is CC(C)(C)C(=O)N1CC(=O)N2CC[C@@H](CC(=O)N3CCN(C=O)CC3)[C@@H](C=CCOc3ccccc3C1)C2. The van der Waals surface area contributed by atoms with Crippen LogP contribution in [0.25, 0.3) is 0 Å². The van der Waals surface area contributed by atoms with Gasteiger partial charge in [0, 0.05) is 63.2 Å². The Morgan fingerprint density at radius 3 is 2.47 bits per heavy atom. The van der Waals surface area contributed by atoms with Crippen LogP contribution in [0, 0.1) is 17.3 Å². The standard InChI is InChI=1S/C29H40N4O5/c1-29(2,3)28(37)33-19-24-7-4-5-9-25(24)38-16-6-8-23-18-32(27(36)20-33)11-10-22(23)17-26(35)31-14-12-30(21-34)13-15-31/h4-9,21-23H,10-20H2,1-3H3/t22-,23-/m0/s1. The average molecular weight is 525 g/mol. The molecule has 1 aromatic carbocycles. The van der Waals surface area contributed by atoms with Crippen molar-refractivity contribution < 1.29 is 23.9 Å². The number of para-hydroxylation sites is 1. The third kappa shape index (κ3) is 6.74. The lowest BCUT2D eigenvalue weighted by molar-refractivity contribution is -0.147. The highest BCUT2D eigenvalue weighted by Gasteiger charge is 2.35. The molecule has 0 saturated carbocycles. The smallest absolute Gasteiger partial charge is 0.242 e. The second-order valence-electron chi connectivity index (χ2n) is 11.5. The predicted molar refractivity (Wildman–Crippen MR) is 143 cm³/mol. The van der Waals surface area contributed by atoms with Gasteiger partial charge in [0.2, 0.25) is 24.1 Å². The molecule has 0 radical (unpaired) electrons. The third-order valence-electron chi connectivity index (χ3n) is 7.72. The second-order valence-corrected chi connectivity index (χ2v) is 11.5. The molecule has 0 aromatic heterocycles. The van der Waals surface area contributed by atoms with Crippen LogP contribution in [-0.4, -0.2) is 96.2 Å². The molecule has 0 spiro atoms. The van der Waals surface area contributed by atoms with Crippen LogP contribution in [0.2, 0.25) is 0 Å². The number of piperidine rings is 1. The minimum Gasteiger partial charge on any atom is -0.489 e. The topological polar surface area (TPSA) is 90.5 Å². The van der Waals surface area contributed by atoms with Gasteiger partial charge in [0.05, 0.1) is 0 Å². The molecule has 2 atom stereocenters. The number of carbonyl (C=O) groups is 4. The molecule has 0 unspecified atom stereocenters. The normalized spacial score (nSPS) is 23.0. The number of carbonyl (C=O) groups excluding carboxylic acids is 4. The summed E-state index contributed by atoms with van der Waals surface area (Å²) in [6.07, 6.45) is 6.03. The Bertz CT molecular complexity index is 1060. The average Bonchev–Trinajstić information content (AvgIpc) is 2.91. The maximum Gasteiger partial charge on any atom is 0.242 e. The number of rotatable bonds is 3. The van der Waals surface area contributed by atoms with E-state index < -0.39 is 5.41 Å². The number of ether oxygens (including phenoxy) is 1. The zero-order chi connectivity index (χ0) is 27.3. The summed E-state index contributed by atoms with van der Waals surface area (Å²) in [5, 5.41) is 0. The van der Waals surface area contributed by atoms with Gasteiger partial charge in [0.25, 0.3) is 0 Å². The molecule has 2 saturated heterocycles. The van der Waals surface area contributed by atoms with E-state index in [0.29, 0.717) is 64.6 Å². The van der Waals surface area contributed by atoms with Crippen LogP contribution in [0.5, 0.6) is 5.75 Å². The van der Waals surface area contributed by atoms with E-state index in [1.54, 1.807) is 9.80 Å². The summed E-state index contributed by atoms with van der Waals surface area (Å²) in [5.41, 5.74) is 0.236. The van der Waals surface area contributed by atoms with Crippen molar-refractivity contribution in [2.45, 2.75) is 40.2 Å². The van der Waals surface area contributed by atoms with E-state index in [2.05, 4.69) is 6.08 Å². The van der Waals surface area contributed by atoms with E-state index in [1.807, 2.05) is 60.9 Å². The molecule has 2 bridgehead atoms. The minimum absolute atomic E-state index is 0.00544. The maximum absolute atomic E-state index is 13.5. The zero-order valence-corrected chi connectivity index (χ0v) is 22.8. The fourth-order valence-corrected chi connectivity index (χ4v) is 5.44. The van der Waals surface area contributed by atoms with Crippen molar-refractivity contribution in [3.05, 3.63) is 42.0 Å². The Kier molecular flexibility index (Phi) is 8.74. The van der Waals surface area contributed by atoms with E-state index in [4.69, 9.17) is 4.74 Å². The van der Waals surface area contributed by atoms with Crippen molar-refractivity contribution in [1.29, 1.82) is 0 Å². The van der Waals surface area contributed by atoms with Crippen molar-refractivity contribution in [2.24, 2.45) is 17.3 Å². The first kappa shape index (κ1) is 27.7. The molecule has 0 N–H and O–H groups in total. The summed E-state index contributed by atoms with van der Waals surface area (Å²) in [7, 11) is 0. The summed E-state index contributed by atoms with van der Waals surface area (Å²) in [4.78, 5) is 57.9. The van der Waals surface area contributed by atoms with Gasteiger partial charge in [-0.25, -0.2) is 0 Å². The summed E-state index contributed by atoms with van der Waals surface area (Å²) in [6, 6.07) is 7.63. The van der Waals surface area contributed by atoms with Crippen molar-refractivity contribution >= 4 is 24.1 Å². The number of benzene rings is 1. The van der Waals surface area contributed by atoms with Crippen LogP contribution in [0.1, 0.15) is 39.2 Å². The Morgan fingerprint density at radius 2 is 1.76 bits per heavy atom. The largest absolute Gasteiger partial charge is 0.489 e. The van der Waals surface area contributed by atoms with Gasteiger partial charge in [-0.2, -0.15) is 0 Å². The van der Waals surface area contributed by atoms with Gasteiger partial charge < -0.3 is 24.3 Å². The molecule has 4 amide bonds. The van der Waals surface area contributed by atoms with Crippen molar-refractivity contribution in [3.63, 3.8) is 0 Å². The number of amides is 4. The molecule has 9 heteroatoms. The number of nitrogens with zero attached hydrogens (tertiary/aromatic N) is 4. The number of piperazine rings is 1. The molecule has 3 heterocycles. The summed E-state index contributed by atoms with van der Waals surface area (Å²) in [5.74, 6) is 0.758. The molecule has 206 valence electrons. The molecule has 1 aromatic rings. The quantitative estimate of drug-likeness (QED) is 0.447. The van der Waals surface area contributed by atoms with Gasteiger partial charge in [0.15, 0.2) is 0 Å². The van der Waals surface area contributed by atoms with Crippen molar-refractivity contribution in [1.82, 2.24) is 19.6 Å². The Morgan fingerprint density at radius 1 is 1.03 bits per heavy atom. The molecular weight excluding hydrogens is 484 g/mol. The minimum atomic E-state index is -0.626. The first-order valence-electron chi connectivity index (χ1n) is 13.6. The fraction of sp³-hybridized carbons (Fsp3) is 0.586. The molecule has 2 fully saturated rings. The molecule has 3 aliphatic rings. The van der Waals surface area contributed by atoms with Crippen LogP contribution in [0.4, 0.5) is 0 Å². The first-order chi connectivity index (χ1) is 18.2. The van der Waals surface area contributed by atoms with Gasteiger partial charge in [-0.1, -0.05) is 51.1 Å². The van der Waals surface area contributed by atoms with Crippen molar-refractivity contribution in [3.8, 4) is 5.75 Å². The van der Waals surface area contributed by atoms with Crippen LogP contribution in [0.3, 0.4) is 0 Å². The maximum atomic E-state index is 13.5. The lowest BCUT2D eigenvalue weighted by Crippen LogP contribution is -2.51. The molecular formula is C29H40N4O5. The van der Waals surface area contributed by atoms with E-state index in [-0.39, 0.29) is 36.1 Å². The van der Waals surface area contributed by atoms with Crippen LogP contribution < -0.4 is 4.74 Å². The van der Waals surface area contributed by atoms with E-state index >= 15 is 0 Å². The second kappa shape index (κ2) is 12.0. The lowest BCUT2D eigenvalue weighted by Gasteiger charge is -2.40. The van der Waals surface area contributed by atoms with Gasteiger partial charge >= 0.3 is 0 Å². The first-order valence-corrected chi connectivity index (χ1v) is 13.6. The lowest BCUT2D eigenvalue weighted by atomic mass is 9.82. The van der Waals surface area contributed by atoms with E-state index in [9.17, 15) is 19.2 Å². The van der Waals surface area contributed by atoms with Crippen molar-refractivity contribution in [2.75, 3.05) is 52.4 Å². The number of hydrogen-bond donors (Lipinski definition) is 0. The Hall–Kier alpha value is -3.36. The van der Waals surface area contributed by atoms with E-state index in [1.165, 1.54) is 0 Å². The Labute approximate surface area is 225 Å². The van der Waals surface area contributed by atoms with Gasteiger partial charge in [-0.3, -0.25) is 19.2 Å². The molecule has 3 aliphatic heterocycles. The zero-order valence-electron chi connectivity index (χ0n) is 22.8. The van der Waals surface area contributed by atoms with Crippen LogP contribution in [-0.2, 0) is 25.7 Å². The Balaban J connectivity index is 1.52.